The minimum atomic E-state index is -0.375. The van der Waals surface area contributed by atoms with Crippen LogP contribution in [0.25, 0.3) is 0 Å². The third-order valence-electron chi connectivity index (χ3n) is 1.36. The van der Waals surface area contributed by atoms with Gasteiger partial charge in [0.1, 0.15) is 0 Å². The first-order chi connectivity index (χ1) is 6.25. The van der Waals surface area contributed by atoms with Crippen LogP contribution in [0.3, 0.4) is 0 Å². The molecular weight excluding hydrogens is 249 g/mol. The zero-order chi connectivity index (χ0) is 11.7. The van der Waals surface area contributed by atoms with Gasteiger partial charge in [0.15, 0.2) is 0 Å². The van der Waals surface area contributed by atoms with Gasteiger partial charge in [-0.15, -0.1) is 0 Å². The zero-order valence-electron chi connectivity index (χ0n) is 10.2. The van der Waals surface area contributed by atoms with E-state index < -0.39 is 0 Å². The molecule has 0 fully saturated rings. The Morgan fingerprint density at radius 2 is 0.733 bits per heavy atom. The van der Waals surface area contributed by atoms with Crippen molar-refractivity contribution in [3.05, 3.63) is 0 Å². The van der Waals surface area contributed by atoms with E-state index in [1.807, 2.05) is 0 Å². The van der Waals surface area contributed by atoms with E-state index in [1.165, 1.54) is 0 Å². The Morgan fingerprint density at radius 1 is 0.600 bits per heavy atom. The molecule has 0 aliphatic carbocycles. The molecule has 0 heterocycles. The molecule has 0 aromatic carbocycles. The van der Waals surface area contributed by atoms with Crippen molar-refractivity contribution < 1.29 is 39.9 Å². The quantitative estimate of drug-likeness (QED) is 0.555. The summed E-state index contributed by atoms with van der Waals surface area (Å²) in [5.74, 6) is 0. The summed E-state index contributed by atoms with van der Waals surface area (Å²) in [5, 5.41) is 34.3. The summed E-state index contributed by atoms with van der Waals surface area (Å²) in [5.41, 5.74) is 0. The van der Waals surface area contributed by atoms with Crippen LogP contribution in [0, 0.1) is 0 Å². The second-order valence-electron chi connectivity index (χ2n) is 3.87. The van der Waals surface area contributed by atoms with Crippen molar-refractivity contribution in [3.63, 3.8) is 0 Å². The molecular formula is C10H24O4Zn. The summed E-state index contributed by atoms with van der Waals surface area (Å²) in [6.45, 7) is 6.64. The van der Waals surface area contributed by atoms with Crippen molar-refractivity contribution >= 4 is 0 Å². The Hall–Kier alpha value is 0.463. The minimum Gasteiger partial charge on any atom is -0.393 e. The van der Waals surface area contributed by atoms with Gasteiger partial charge in [-0.3, -0.25) is 0 Å². The fourth-order valence-electron chi connectivity index (χ4n) is 0.987. The predicted molar refractivity (Wildman–Crippen MR) is 56.0 cm³/mol. The molecule has 90 valence electrons. The standard InChI is InChI=1S/2C5H12O2.Zn/c2*1-4(6)3-5(2)7;/h2*4-7H,3H2,1-2H3;. The van der Waals surface area contributed by atoms with Crippen molar-refractivity contribution in [2.24, 2.45) is 0 Å². The van der Waals surface area contributed by atoms with E-state index in [4.69, 9.17) is 20.4 Å². The third kappa shape index (κ3) is 31.4. The van der Waals surface area contributed by atoms with Crippen LogP contribution in [-0.2, 0) is 19.5 Å². The predicted octanol–water partition coefficient (Wildman–Crippen LogP) is 0.274. The van der Waals surface area contributed by atoms with Crippen LogP contribution in [0.15, 0.2) is 0 Å². The molecule has 0 radical (unpaired) electrons. The van der Waals surface area contributed by atoms with Crippen LogP contribution in [0.4, 0.5) is 0 Å². The third-order valence-corrected chi connectivity index (χ3v) is 1.36. The smallest absolute Gasteiger partial charge is 0.0536 e. The van der Waals surface area contributed by atoms with E-state index in [0.717, 1.165) is 0 Å². The van der Waals surface area contributed by atoms with Gasteiger partial charge in [0.25, 0.3) is 0 Å². The summed E-state index contributed by atoms with van der Waals surface area (Å²) < 4.78 is 0. The van der Waals surface area contributed by atoms with Crippen molar-refractivity contribution in [3.8, 4) is 0 Å². The van der Waals surface area contributed by atoms with Gasteiger partial charge in [0, 0.05) is 19.5 Å². The van der Waals surface area contributed by atoms with Gasteiger partial charge in [-0.2, -0.15) is 0 Å². The van der Waals surface area contributed by atoms with E-state index in [0.29, 0.717) is 12.8 Å². The molecule has 0 aromatic heterocycles. The first-order valence-corrected chi connectivity index (χ1v) is 4.98. The van der Waals surface area contributed by atoms with Crippen molar-refractivity contribution in [2.75, 3.05) is 0 Å². The Labute approximate surface area is 105 Å². The second-order valence-corrected chi connectivity index (χ2v) is 3.87. The van der Waals surface area contributed by atoms with Gasteiger partial charge in [-0.05, 0) is 40.5 Å². The topological polar surface area (TPSA) is 80.9 Å². The van der Waals surface area contributed by atoms with E-state index in [1.54, 1.807) is 27.7 Å². The molecule has 0 aliphatic heterocycles. The first kappa shape index (κ1) is 20.8. The van der Waals surface area contributed by atoms with E-state index in [9.17, 15) is 0 Å². The fourth-order valence-corrected chi connectivity index (χ4v) is 0.987. The minimum absolute atomic E-state index is 0. The fraction of sp³-hybridized carbons (Fsp3) is 1.00. The Balaban J connectivity index is -0.000000180. The molecule has 4 atom stereocenters. The Kier molecular flexibility index (Phi) is 17.4. The summed E-state index contributed by atoms with van der Waals surface area (Å²) in [6, 6.07) is 0. The van der Waals surface area contributed by atoms with Crippen LogP contribution in [0.2, 0.25) is 0 Å². The van der Waals surface area contributed by atoms with Gasteiger partial charge >= 0.3 is 0 Å². The van der Waals surface area contributed by atoms with Crippen molar-refractivity contribution in [2.45, 2.75) is 65.0 Å². The number of rotatable bonds is 4. The van der Waals surface area contributed by atoms with Crippen LogP contribution in [0.5, 0.6) is 0 Å². The molecule has 0 aliphatic rings. The van der Waals surface area contributed by atoms with Crippen molar-refractivity contribution in [1.29, 1.82) is 0 Å². The van der Waals surface area contributed by atoms with E-state index >= 15 is 0 Å². The molecule has 4 unspecified atom stereocenters. The Bertz CT molecular complexity index is 90.0. The maximum atomic E-state index is 8.56. The van der Waals surface area contributed by atoms with Gasteiger partial charge in [-0.25, -0.2) is 0 Å². The average Bonchev–Trinajstić information content (AvgIpc) is 1.79. The zero-order valence-corrected chi connectivity index (χ0v) is 13.2. The van der Waals surface area contributed by atoms with E-state index in [-0.39, 0.29) is 43.9 Å². The SMILES string of the molecule is CC(O)CC(C)O.CC(O)CC(C)O.[Zn]. The van der Waals surface area contributed by atoms with Crippen LogP contribution in [-0.4, -0.2) is 44.8 Å². The molecule has 0 rings (SSSR count). The van der Waals surface area contributed by atoms with Crippen LogP contribution < -0.4 is 0 Å². The van der Waals surface area contributed by atoms with Gasteiger partial charge in [-0.1, -0.05) is 0 Å². The molecule has 0 spiro atoms. The molecule has 5 heteroatoms. The average molecular weight is 274 g/mol. The number of aliphatic hydroxyl groups is 4. The monoisotopic (exact) mass is 272 g/mol. The summed E-state index contributed by atoms with van der Waals surface area (Å²) in [6.07, 6.45) is -0.556. The number of hydrogen-bond acceptors (Lipinski definition) is 4. The molecule has 15 heavy (non-hydrogen) atoms. The summed E-state index contributed by atoms with van der Waals surface area (Å²) >= 11 is 0. The van der Waals surface area contributed by atoms with Gasteiger partial charge in [0.2, 0.25) is 0 Å². The molecule has 0 amide bonds. The summed E-state index contributed by atoms with van der Waals surface area (Å²) in [4.78, 5) is 0. The molecule has 4 N–H and O–H groups in total. The molecule has 0 saturated carbocycles. The first-order valence-electron chi connectivity index (χ1n) is 4.98. The largest absolute Gasteiger partial charge is 0.393 e. The van der Waals surface area contributed by atoms with Gasteiger partial charge in [0.05, 0.1) is 24.4 Å². The molecule has 0 bridgehead atoms. The maximum Gasteiger partial charge on any atom is 0.0536 e. The van der Waals surface area contributed by atoms with Crippen LogP contribution in [0.1, 0.15) is 40.5 Å². The van der Waals surface area contributed by atoms with Gasteiger partial charge < -0.3 is 20.4 Å². The summed E-state index contributed by atoms with van der Waals surface area (Å²) in [7, 11) is 0. The molecule has 4 nitrogen and oxygen atoms in total. The van der Waals surface area contributed by atoms with Crippen molar-refractivity contribution in [1.82, 2.24) is 0 Å². The van der Waals surface area contributed by atoms with Crippen LogP contribution >= 0.6 is 0 Å². The molecule has 0 aromatic rings. The number of aliphatic hydroxyl groups excluding tert-OH is 4. The normalized spacial score (nSPS) is 17.6. The second kappa shape index (κ2) is 12.5. The number of hydrogen-bond donors (Lipinski definition) is 4. The maximum absolute atomic E-state index is 8.56. The van der Waals surface area contributed by atoms with E-state index in [2.05, 4.69) is 0 Å². The Morgan fingerprint density at radius 3 is 0.733 bits per heavy atom. The molecule has 0 saturated heterocycles.